The van der Waals surface area contributed by atoms with Gasteiger partial charge in [0.05, 0.1) is 12.3 Å². The second kappa shape index (κ2) is 7.37. The van der Waals surface area contributed by atoms with Crippen molar-refractivity contribution in [3.63, 3.8) is 0 Å². The van der Waals surface area contributed by atoms with Crippen molar-refractivity contribution in [3.05, 3.63) is 11.3 Å². The van der Waals surface area contributed by atoms with Gasteiger partial charge < -0.3 is 4.74 Å². The SMILES string of the molecule is CCCCOC(=O)Nc1c(C2CCC2)c(C2CCCC2)nn1C. The maximum atomic E-state index is 12.1. The Labute approximate surface area is 138 Å². The summed E-state index contributed by atoms with van der Waals surface area (Å²) >= 11 is 0. The summed E-state index contributed by atoms with van der Waals surface area (Å²) in [5.74, 6) is 1.99. The topological polar surface area (TPSA) is 56.1 Å². The van der Waals surface area contributed by atoms with Gasteiger partial charge in [0.15, 0.2) is 0 Å². The normalized spacial score (nSPS) is 18.9. The lowest BCUT2D eigenvalue weighted by molar-refractivity contribution is 0.159. The summed E-state index contributed by atoms with van der Waals surface area (Å²) < 4.78 is 7.12. The van der Waals surface area contributed by atoms with E-state index in [0.29, 0.717) is 18.4 Å². The summed E-state index contributed by atoms with van der Waals surface area (Å²) in [5, 5.41) is 7.76. The molecule has 1 heterocycles. The van der Waals surface area contributed by atoms with Crippen molar-refractivity contribution in [2.75, 3.05) is 11.9 Å². The minimum atomic E-state index is -0.347. The van der Waals surface area contributed by atoms with E-state index in [2.05, 4.69) is 12.2 Å². The highest BCUT2D eigenvalue weighted by atomic mass is 16.5. The van der Waals surface area contributed by atoms with Gasteiger partial charge in [0.2, 0.25) is 0 Å². The first-order valence-electron chi connectivity index (χ1n) is 9.21. The lowest BCUT2D eigenvalue weighted by Crippen LogP contribution is -2.19. The van der Waals surface area contributed by atoms with E-state index in [1.807, 2.05) is 11.7 Å². The van der Waals surface area contributed by atoms with Crippen LogP contribution in [0.15, 0.2) is 0 Å². The summed E-state index contributed by atoms with van der Waals surface area (Å²) in [6, 6.07) is 0. The zero-order valence-electron chi connectivity index (χ0n) is 14.4. The van der Waals surface area contributed by atoms with Gasteiger partial charge in [-0.05, 0) is 38.0 Å². The minimum Gasteiger partial charge on any atom is -0.449 e. The van der Waals surface area contributed by atoms with Crippen molar-refractivity contribution in [1.82, 2.24) is 9.78 Å². The Hall–Kier alpha value is -1.52. The number of hydrogen-bond acceptors (Lipinski definition) is 3. The molecule has 23 heavy (non-hydrogen) atoms. The Morgan fingerprint density at radius 1 is 1.22 bits per heavy atom. The van der Waals surface area contributed by atoms with Crippen molar-refractivity contribution < 1.29 is 9.53 Å². The van der Waals surface area contributed by atoms with Crippen LogP contribution >= 0.6 is 0 Å². The van der Waals surface area contributed by atoms with Crippen LogP contribution in [-0.2, 0) is 11.8 Å². The molecule has 5 heteroatoms. The van der Waals surface area contributed by atoms with Gasteiger partial charge in [0, 0.05) is 18.5 Å². The van der Waals surface area contributed by atoms with Crippen LogP contribution in [-0.4, -0.2) is 22.5 Å². The molecule has 1 aromatic rings. The predicted octanol–water partition coefficient (Wildman–Crippen LogP) is 4.69. The van der Waals surface area contributed by atoms with E-state index in [-0.39, 0.29) is 6.09 Å². The van der Waals surface area contributed by atoms with Crippen molar-refractivity contribution >= 4 is 11.9 Å². The largest absolute Gasteiger partial charge is 0.449 e. The first kappa shape index (κ1) is 16.3. The predicted molar refractivity (Wildman–Crippen MR) is 90.9 cm³/mol. The number of hydrogen-bond donors (Lipinski definition) is 1. The van der Waals surface area contributed by atoms with E-state index in [0.717, 1.165) is 18.7 Å². The molecule has 1 N–H and O–H groups in total. The number of amides is 1. The number of aromatic nitrogens is 2. The molecule has 0 atom stereocenters. The number of aryl methyl sites for hydroxylation is 1. The third kappa shape index (κ3) is 3.54. The average Bonchev–Trinajstić information content (AvgIpc) is 3.09. The molecule has 0 radical (unpaired) electrons. The van der Waals surface area contributed by atoms with Crippen LogP contribution in [0.3, 0.4) is 0 Å². The second-order valence-electron chi connectivity index (χ2n) is 6.99. The van der Waals surface area contributed by atoms with E-state index >= 15 is 0 Å². The van der Waals surface area contributed by atoms with Gasteiger partial charge >= 0.3 is 6.09 Å². The molecule has 5 nitrogen and oxygen atoms in total. The van der Waals surface area contributed by atoms with E-state index in [1.165, 1.54) is 56.2 Å². The van der Waals surface area contributed by atoms with Gasteiger partial charge in [-0.15, -0.1) is 0 Å². The number of carbonyl (C=O) groups is 1. The maximum Gasteiger partial charge on any atom is 0.412 e. The fourth-order valence-corrected chi connectivity index (χ4v) is 3.75. The third-order valence-electron chi connectivity index (χ3n) is 5.32. The quantitative estimate of drug-likeness (QED) is 0.774. The molecular weight excluding hydrogens is 290 g/mol. The first-order chi connectivity index (χ1) is 11.2. The monoisotopic (exact) mass is 319 g/mol. The molecular formula is C18H29N3O2. The molecule has 1 aromatic heterocycles. The molecule has 0 unspecified atom stereocenters. The molecule has 3 rings (SSSR count). The number of unbranched alkanes of at least 4 members (excludes halogenated alkanes) is 1. The highest BCUT2D eigenvalue weighted by Gasteiger charge is 2.33. The second-order valence-corrected chi connectivity index (χ2v) is 6.99. The zero-order chi connectivity index (χ0) is 16.2. The zero-order valence-corrected chi connectivity index (χ0v) is 14.4. The van der Waals surface area contributed by atoms with Gasteiger partial charge in [0.1, 0.15) is 5.82 Å². The Morgan fingerprint density at radius 2 is 1.91 bits per heavy atom. The highest BCUT2D eigenvalue weighted by Crippen LogP contribution is 2.46. The van der Waals surface area contributed by atoms with E-state index in [1.54, 1.807) is 0 Å². The first-order valence-corrected chi connectivity index (χ1v) is 9.21. The Balaban J connectivity index is 1.79. The maximum absolute atomic E-state index is 12.1. The lowest BCUT2D eigenvalue weighted by Gasteiger charge is -2.27. The Bertz CT molecular complexity index is 543. The van der Waals surface area contributed by atoms with E-state index < -0.39 is 0 Å². The molecule has 2 saturated carbocycles. The third-order valence-corrected chi connectivity index (χ3v) is 5.32. The van der Waals surface area contributed by atoms with Crippen LogP contribution in [0.4, 0.5) is 10.6 Å². The number of carbonyl (C=O) groups excluding carboxylic acids is 1. The van der Waals surface area contributed by atoms with Gasteiger partial charge in [-0.1, -0.05) is 32.6 Å². The van der Waals surface area contributed by atoms with Gasteiger partial charge in [-0.3, -0.25) is 10.00 Å². The van der Waals surface area contributed by atoms with Gasteiger partial charge in [0.25, 0.3) is 0 Å². The standard InChI is InChI=1S/C18H29N3O2/c1-3-4-12-23-18(22)19-17-15(13-10-7-11-13)16(20-21(17)2)14-8-5-6-9-14/h13-14H,3-12H2,1-2H3,(H,19,22). The fraction of sp³-hybridized carbons (Fsp3) is 0.778. The van der Waals surface area contributed by atoms with Crippen LogP contribution in [0.2, 0.25) is 0 Å². The number of anilines is 1. The van der Waals surface area contributed by atoms with Crippen molar-refractivity contribution in [2.24, 2.45) is 7.05 Å². The van der Waals surface area contributed by atoms with Crippen molar-refractivity contribution in [3.8, 4) is 0 Å². The molecule has 2 aliphatic rings. The van der Waals surface area contributed by atoms with Gasteiger partial charge in [-0.2, -0.15) is 5.10 Å². The summed E-state index contributed by atoms with van der Waals surface area (Å²) in [7, 11) is 1.93. The smallest absolute Gasteiger partial charge is 0.412 e. The van der Waals surface area contributed by atoms with Crippen LogP contribution in [0.5, 0.6) is 0 Å². The highest BCUT2D eigenvalue weighted by molar-refractivity contribution is 5.85. The number of ether oxygens (including phenoxy) is 1. The number of nitrogens with zero attached hydrogens (tertiary/aromatic N) is 2. The molecule has 128 valence electrons. The summed E-state index contributed by atoms with van der Waals surface area (Å²) in [4.78, 5) is 12.1. The van der Waals surface area contributed by atoms with Crippen LogP contribution < -0.4 is 5.32 Å². The van der Waals surface area contributed by atoms with E-state index in [9.17, 15) is 4.79 Å². The molecule has 2 aliphatic carbocycles. The van der Waals surface area contributed by atoms with Crippen molar-refractivity contribution in [2.45, 2.75) is 76.5 Å². The van der Waals surface area contributed by atoms with Crippen molar-refractivity contribution in [1.29, 1.82) is 0 Å². The van der Waals surface area contributed by atoms with Crippen LogP contribution in [0.25, 0.3) is 0 Å². The summed E-state index contributed by atoms with van der Waals surface area (Å²) in [6.07, 6.45) is 10.4. The van der Waals surface area contributed by atoms with Gasteiger partial charge in [-0.25, -0.2) is 4.79 Å². The molecule has 0 spiro atoms. The Morgan fingerprint density at radius 3 is 2.52 bits per heavy atom. The Kier molecular flexibility index (Phi) is 5.23. The van der Waals surface area contributed by atoms with E-state index in [4.69, 9.17) is 9.84 Å². The molecule has 1 amide bonds. The molecule has 0 aliphatic heterocycles. The molecule has 0 aromatic carbocycles. The van der Waals surface area contributed by atoms with Crippen LogP contribution in [0.1, 0.15) is 87.8 Å². The lowest BCUT2D eigenvalue weighted by atomic mass is 9.78. The van der Waals surface area contributed by atoms with Crippen LogP contribution in [0, 0.1) is 0 Å². The molecule has 0 saturated heterocycles. The molecule has 0 bridgehead atoms. The minimum absolute atomic E-state index is 0.347. The fourth-order valence-electron chi connectivity index (χ4n) is 3.75. The number of nitrogens with one attached hydrogen (secondary N) is 1. The molecule has 2 fully saturated rings. The average molecular weight is 319 g/mol. The summed E-state index contributed by atoms with van der Waals surface area (Å²) in [6.45, 7) is 2.57. The number of rotatable bonds is 6. The summed E-state index contributed by atoms with van der Waals surface area (Å²) in [5.41, 5.74) is 2.52.